The summed E-state index contributed by atoms with van der Waals surface area (Å²) in [6, 6.07) is 27.8. The van der Waals surface area contributed by atoms with Crippen molar-refractivity contribution in [3.63, 3.8) is 0 Å². The number of carbonyl (C=O) groups is 1. The topological polar surface area (TPSA) is 62.7 Å². The molecule has 3 saturated carbocycles. The molecule has 286 valence electrons. The minimum atomic E-state index is -0.909. The molecule has 0 saturated heterocycles. The number of benzene rings is 3. The molecule has 7 rings (SSSR count). The van der Waals surface area contributed by atoms with Crippen molar-refractivity contribution in [2.75, 3.05) is 5.75 Å². The molecule has 1 aromatic heterocycles. The quantitative estimate of drug-likeness (QED) is 0.122. The second-order valence-electron chi connectivity index (χ2n) is 16.7. The SMILES string of the molecule is CC(C)(O)c1ccccc1CCC(SCC1(CC(=O)ON(C2CCCCC2)C2CCCCC2)CC1)c1cccc(/C=C/c2ccc3ccc(Cl)cc3n2)c1. The van der Waals surface area contributed by atoms with Crippen molar-refractivity contribution >= 4 is 52.4 Å². The first-order chi connectivity index (χ1) is 26.1. The molecule has 3 aliphatic carbocycles. The lowest BCUT2D eigenvalue weighted by Gasteiger charge is -2.39. The Balaban J connectivity index is 1.06. The summed E-state index contributed by atoms with van der Waals surface area (Å²) in [5, 5.41) is 15.1. The molecule has 0 aliphatic heterocycles. The van der Waals surface area contributed by atoms with E-state index in [9.17, 15) is 9.90 Å². The molecule has 1 heterocycles. The van der Waals surface area contributed by atoms with Gasteiger partial charge < -0.3 is 9.94 Å². The highest BCUT2D eigenvalue weighted by atomic mass is 35.5. The lowest BCUT2D eigenvalue weighted by Crippen LogP contribution is -2.46. The Bertz CT molecular complexity index is 1890. The van der Waals surface area contributed by atoms with Crippen LogP contribution in [0, 0.1) is 5.41 Å². The van der Waals surface area contributed by atoms with Crippen molar-refractivity contribution in [3.05, 3.63) is 112 Å². The van der Waals surface area contributed by atoms with Crippen molar-refractivity contribution < 1.29 is 14.7 Å². The Kier molecular flexibility index (Phi) is 12.8. The fraction of sp³-hybridized carbons (Fsp3) is 0.489. The molecule has 1 atom stereocenters. The predicted octanol–water partition coefficient (Wildman–Crippen LogP) is 12.3. The Morgan fingerprint density at radius 3 is 2.33 bits per heavy atom. The number of aromatic nitrogens is 1. The van der Waals surface area contributed by atoms with E-state index in [-0.39, 0.29) is 16.6 Å². The largest absolute Gasteiger partial charge is 0.386 e. The summed E-state index contributed by atoms with van der Waals surface area (Å²) in [7, 11) is 0. The van der Waals surface area contributed by atoms with Gasteiger partial charge in [-0.05, 0) is 117 Å². The predicted molar refractivity (Wildman–Crippen MR) is 225 cm³/mol. The number of pyridine rings is 1. The number of halogens is 1. The first kappa shape index (κ1) is 39.1. The molecule has 3 aliphatic rings. The van der Waals surface area contributed by atoms with E-state index < -0.39 is 5.60 Å². The van der Waals surface area contributed by atoms with Gasteiger partial charge in [-0.1, -0.05) is 117 Å². The summed E-state index contributed by atoms with van der Waals surface area (Å²) in [6.45, 7) is 3.74. The maximum Gasteiger partial charge on any atom is 0.325 e. The number of hydrogen-bond acceptors (Lipinski definition) is 6. The van der Waals surface area contributed by atoms with Gasteiger partial charge in [-0.15, -0.1) is 5.06 Å². The van der Waals surface area contributed by atoms with Gasteiger partial charge in [0.2, 0.25) is 0 Å². The van der Waals surface area contributed by atoms with Crippen LogP contribution in [0.3, 0.4) is 0 Å². The van der Waals surface area contributed by atoms with E-state index in [0.29, 0.717) is 23.5 Å². The fourth-order valence-corrected chi connectivity index (χ4v) is 10.3. The Morgan fingerprint density at radius 1 is 0.926 bits per heavy atom. The lowest BCUT2D eigenvalue weighted by atomic mass is 9.90. The normalized spacial score (nSPS) is 18.7. The van der Waals surface area contributed by atoms with Crippen molar-refractivity contribution in [1.29, 1.82) is 0 Å². The van der Waals surface area contributed by atoms with E-state index in [2.05, 4.69) is 59.7 Å². The van der Waals surface area contributed by atoms with Gasteiger partial charge in [-0.3, -0.25) is 4.79 Å². The highest BCUT2D eigenvalue weighted by Crippen LogP contribution is 2.54. The third-order valence-corrected chi connectivity index (χ3v) is 13.8. The number of aryl methyl sites for hydroxylation is 1. The number of thioether (sulfide) groups is 1. The molecule has 1 N–H and O–H groups in total. The summed E-state index contributed by atoms with van der Waals surface area (Å²) in [5.74, 6) is 0.896. The minimum absolute atomic E-state index is 0.00203. The van der Waals surface area contributed by atoms with Crippen LogP contribution in [0.2, 0.25) is 5.02 Å². The summed E-state index contributed by atoms with van der Waals surface area (Å²) >= 11 is 8.24. The Morgan fingerprint density at radius 2 is 1.63 bits per heavy atom. The second-order valence-corrected chi connectivity index (χ2v) is 18.3. The van der Waals surface area contributed by atoms with Crippen molar-refractivity contribution in [3.8, 4) is 0 Å². The summed E-state index contributed by atoms with van der Waals surface area (Å²) < 4.78 is 0. The van der Waals surface area contributed by atoms with Gasteiger partial charge >= 0.3 is 5.97 Å². The van der Waals surface area contributed by atoms with Crippen LogP contribution in [0.25, 0.3) is 23.1 Å². The van der Waals surface area contributed by atoms with Crippen molar-refractivity contribution in [2.24, 2.45) is 5.41 Å². The van der Waals surface area contributed by atoms with Crippen LogP contribution in [0.4, 0.5) is 0 Å². The van der Waals surface area contributed by atoms with Crippen LogP contribution in [0.1, 0.15) is 137 Å². The molecule has 3 aromatic carbocycles. The number of hydrogen-bond donors (Lipinski definition) is 1. The molecule has 0 spiro atoms. The average Bonchev–Trinajstić information content (AvgIpc) is 3.95. The zero-order valence-corrected chi connectivity index (χ0v) is 33.7. The average molecular weight is 766 g/mol. The Labute approximate surface area is 331 Å². The number of rotatable bonds is 15. The number of fused-ring (bicyclic) bond motifs is 1. The standard InChI is InChI=1S/C47H57ClN2O3S/c1-46(2,52)42-19-10-9-13-35(42)23-27-44(37-14-11-12-34(30-37)20-25-39-26-22-36-21-24-38(48)31-43(36)49-39)54-33-47(28-29-47)32-45(51)53-50(40-15-5-3-6-16-40)41-17-7-4-8-18-41/h9-14,19-22,24-26,30-31,40-41,44,52H,3-8,15-18,23,27-29,32-33H2,1-2H3/b25-20+. The molecule has 1 unspecified atom stereocenters. The number of hydroxylamine groups is 2. The third kappa shape index (κ3) is 10.4. The van der Waals surface area contributed by atoms with Crippen LogP contribution in [0.5, 0.6) is 0 Å². The van der Waals surface area contributed by atoms with E-state index in [1.807, 2.05) is 62.0 Å². The molecule has 5 nitrogen and oxygen atoms in total. The van der Waals surface area contributed by atoms with Gasteiger partial charge in [0.1, 0.15) is 0 Å². The molecule has 7 heteroatoms. The van der Waals surface area contributed by atoms with E-state index in [0.717, 1.165) is 84.8 Å². The molecular formula is C47H57ClN2O3S. The fourth-order valence-electron chi connectivity index (χ4n) is 8.61. The van der Waals surface area contributed by atoms with Gasteiger partial charge in [0, 0.05) is 33.5 Å². The highest BCUT2D eigenvalue weighted by molar-refractivity contribution is 7.99. The van der Waals surface area contributed by atoms with Gasteiger partial charge in [-0.2, -0.15) is 11.8 Å². The van der Waals surface area contributed by atoms with E-state index in [1.54, 1.807) is 0 Å². The summed E-state index contributed by atoms with van der Waals surface area (Å²) in [6.07, 6.45) is 20.7. The number of nitrogens with zero attached hydrogens (tertiary/aromatic N) is 2. The van der Waals surface area contributed by atoms with Gasteiger partial charge in [0.15, 0.2) is 0 Å². The molecule has 0 bridgehead atoms. The van der Waals surface area contributed by atoms with Crippen LogP contribution in [-0.4, -0.2) is 39.0 Å². The molecule has 3 fully saturated rings. The molecule has 0 amide bonds. The van der Waals surface area contributed by atoms with E-state index >= 15 is 0 Å². The molecular weight excluding hydrogens is 708 g/mol. The van der Waals surface area contributed by atoms with Crippen molar-refractivity contribution in [2.45, 2.75) is 133 Å². The van der Waals surface area contributed by atoms with Gasteiger partial charge in [-0.25, -0.2) is 4.98 Å². The first-order valence-electron chi connectivity index (χ1n) is 20.4. The summed E-state index contributed by atoms with van der Waals surface area (Å²) in [5.41, 5.74) is 5.43. The highest BCUT2D eigenvalue weighted by Gasteiger charge is 2.46. The zero-order valence-electron chi connectivity index (χ0n) is 32.2. The first-order valence-corrected chi connectivity index (χ1v) is 21.8. The van der Waals surface area contributed by atoms with Gasteiger partial charge in [0.25, 0.3) is 0 Å². The summed E-state index contributed by atoms with van der Waals surface area (Å²) in [4.78, 5) is 25.0. The number of aliphatic hydroxyl groups is 1. The molecule has 4 aromatic rings. The molecule has 54 heavy (non-hydrogen) atoms. The Hall–Kier alpha value is -3.16. The van der Waals surface area contributed by atoms with Crippen LogP contribution in [-0.2, 0) is 21.7 Å². The maximum atomic E-state index is 13.8. The van der Waals surface area contributed by atoms with Gasteiger partial charge in [0.05, 0.1) is 23.2 Å². The number of carbonyl (C=O) groups excluding carboxylic acids is 1. The smallest absolute Gasteiger partial charge is 0.325 e. The monoisotopic (exact) mass is 764 g/mol. The molecule has 0 radical (unpaired) electrons. The van der Waals surface area contributed by atoms with Crippen LogP contribution >= 0.6 is 23.4 Å². The third-order valence-electron chi connectivity index (χ3n) is 11.9. The van der Waals surface area contributed by atoms with Crippen LogP contribution < -0.4 is 0 Å². The zero-order chi connectivity index (χ0) is 37.5. The lowest BCUT2D eigenvalue weighted by molar-refractivity contribution is -0.224. The maximum absolute atomic E-state index is 13.8. The van der Waals surface area contributed by atoms with E-state index in [1.165, 1.54) is 49.7 Å². The van der Waals surface area contributed by atoms with Crippen molar-refractivity contribution in [1.82, 2.24) is 10.0 Å². The van der Waals surface area contributed by atoms with E-state index in [4.69, 9.17) is 21.4 Å². The minimum Gasteiger partial charge on any atom is -0.386 e. The second kappa shape index (κ2) is 17.7. The van der Waals surface area contributed by atoms with Crippen LogP contribution in [0.15, 0.2) is 78.9 Å².